The first-order chi connectivity index (χ1) is 13.3. The van der Waals surface area contributed by atoms with Gasteiger partial charge < -0.3 is 9.84 Å². The van der Waals surface area contributed by atoms with Gasteiger partial charge in [0.25, 0.3) is 5.89 Å². The molecule has 3 aromatic heterocycles. The Morgan fingerprint density at radius 1 is 1.32 bits per heavy atom. The van der Waals surface area contributed by atoms with E-state index in [1.165, 1.54) is 6.92 Å². The monoisotopic (exact) mass is 458 g/mol. The minimum absolute atomic E-state index is 0.178. The van der Waals surface area contributed by atoms with Crippen LogP contribution in [0.4, 0.5) is 13.2 Å². The van der Waals surface area contributed by atoms with Gasteiger partial charge in [0, 0.05) is 30.9 Å². The molecule has 0 saturated heterocycles. The summed E-state index contributed by atoms with van der Waals surface area (Å²) < 4.78 is 44.5. The highest BCUT2D eigenvalue weighted by atomic mass is 79.9. The van der Waals surface area contributed by atoms with Crippen LogP contribution in [0.15, 0.2) is 33.5 Å². The maximum absolute atomic E-state index is 12.9. The lowest BCUT2D eigenvalue weighted by molar-refractivity contribution is -0.142. The van der Waals surface area contributed by atoms with E-state index in [-0.39, 0.29) is 23.3 Å². The number of pyridine rings is 1. The molecule has 0 aromatic carbocycles. The second-order valence-electron chi connectivity index (χ2n) is 5.76. The lowest BCUT2D eigenvalue weighted by atomic mass is 10.3. The molecule has 0 aliphatic rings. The van der Waals surface area contributed by atoms with Crippen molar-refractivity contribution in [1.29, 1.82) is 0 Å². The molecule has 0 aliphatic heterocycles. The first-order valence-corrected chi connectivity index (χ1v) is 8.85. The molecule has 3 aromatic rings. The molecule has 8 nitrogen and oxygen atoms in total. The number of hydrogen-bond acceptors (Lipinski definition) is 6. The van der Waals surface area contributed by atoms with Gasteiger partial charge in [0.15, 0.2) is 11.5 Å². The predicted molar refractivity (Wildman–Crippen MR) is 93.9 cm³/mol. The van der Waals surface area contributed by atoms with E-state index in [2.05, 4.69) is 41.5 Å². The Balaban J connectivity index is 1.54. The molecule has 12 heteroatoms. The Hall–Kier alpha value is -2.76. The minimum Gasteiger partial charge on any atom is -0.354 e. The van der Waals surface area contributed by atoms with E-state index in [0.29, 0.717) is 18.1 Å². The molecule has 0 bridgehead atoms. The number of aromatic nitrogens is 5. The molecule has 3 rings (SSSR count). The number of carbonyl (C=O) groups is 1. The maximum Gasteiger partial charge on any atom is 0.436 e. The summed E-state index contributed by atoms with van der Waals surface area (Å²) >= 11 is 2.87. The van der Waals surface area contributed by atoms with Crippen LogP contribution in [-0.2, 0) is 23.9 Å². The lowest BCUT2D eigenvalue weighted by Crippen LogP contribution is -2.30. The topological polar surface area (TPSA) is 98.7 Å². The van der Waals surface area contributed by atoms with Gasteiger partial charge >= 0.3 is 6.18 Å². The Labute approximate surface area is 165 Å². The van der Waals surface area contributed by atoms with Crippen molar-refractivity contribution in [2.75, 3.05) is 6.54 Å². The second kappa shape index (κ2) is 8.09. The first-order valence-electron chi connectivity index (χ1n) is 8.05. The molecule has 0 radical (unpaired) electrons. The van der Waals surface area contributed by atoms with Gasteiger partial charge in [-0.25, -0.2) is 0 Å². The van der Waals surface area contributed by atoms with E-state index in [1.807, 2.05) is 0 Å². The van der Waals surface area contributed by atoms with Crippen molar-refractivity contribution < 1.29 is 22.5 Å². The summed E-state index contributed by atoms with van der Waals surface area (Å²) in [6, 6.07) is 3.44. The fourth-order valence-electron chi connectivity index (χ4n) is 2.33. The number of amides is 1. The van der Waals surface area contributed by atoms with Crippen LogP contribution in [0.1, 0.15) is 17.2 Å². The van der Waals surface area contributed by atoms with Crippen LogP contribution in [0, 0.1) is 6.92 Å². The quantitative estimate of drug-likeness (QED) is 0.609. The third-order valence-corrected chi connectivity index (χ3v) is 4.71. The summed E-state index contributed by atoms with van der Waals surface area (Å²) in [5.41, 5.74) is -0.131. The number of halogens is 4. The van der Waals surface area contributed by atoms with Crippen LogP contribution >= 0.6 is 15.9 Å². The third kappa shape index (κ3) is 4.55. The Kier molecular flexibility index (Phi) is 5.77. The summed E-state index contributed by atoms with van der Waals surface area (Å²) in [4.78, 5) is 20.1. The van der Waals surface area contributed by atoms with E-state index in [0.717, 1.165) is 10.2 Å². The molecule has 0 saturated carbocycles. The Morgan fingerprint density at radius 3 is 2.68 bits per heavy atom. The van der Waals surface area contributed by atoms with Crippen LogP contribution in [0.25, 0.3) is 11.5 Å². The molecule has 0 atom stereocenters. The SMILES string of the molecule is Cc1c(Br)c(C(F)(F)F)nn1CC(=O)NCCc1noc(-c2ccncc2)n1. The van der Waals surface area contributed by atoms with Gasteiger partial charge in [-0.15, -0.1) is 0 Å². The summed E-state index contributed by atoms with van der Waals surface area (Å²) in [6.07, 6.45) is -1.11. The van der Waals surface area contributed by atoms with Crippen molar-refractivity contribution in [2.24, 2.45) is 0 Å². The van der Waals surface area contributed by atoms with Crippen LogP contribution < -0.4 is 5.32 Å². The fraction of sp³-hybridized carbons (Fsp3) is 0.312. The highest BCUT2D eigenvalue weighted by Crippen LogP contribution is 2.35. The zero-order valence-corrected chi connectivity index (χ0v) is 16.1. The van der Waals surface area contributed by atoms with Crippen LogP contribution in [0.5, 0.6) is 0 Å². The van der Waals surface area contributed by atoms with Gasteiger partial charge in [-0.1, -0.05) is 5.16 Å². The van der Waals surface area contributed by atoms with E-state index in [4.69, 9.17) is 4.52 Å². The average Bonchev–Trinajstić information content (AvgIpc) is 3.22. The van der Waals surface area contributed by atoms with Gasteiger partial charge in [-0.3, -0.25) is 14.5 Å². The zero-order valence-electron chi connectivity index (χ0n) is 14.5. The lowest BCUT2D eigenvalue weighted by Gasteiger charge is -2.05. The molecular formula is C16H14BrF3N6O2. The molecule has 1 N–H and O–H groups in total. The molecular weight excluding hydrogens is 445 g/mol. The van der Waals surface area contributed by atoms with Gasteiger partial charge in [0.2, 0.25) is 5.91 Å². The molecule has 0 aliphatic carbocycles. The fourth-order valence-corrected chi connectivity index (χ4v) is 2.84. The zero-order chi connectivity index (χ0) is 20.3. The maximum atomic E-state index is 12.9. The van der Waals surface area contributed by atoms with Gasteiger partial charge in [0.1, 0.15) is 6.54 Å². The van der Waals surface area contributed by atoms with Crippen molar-refractivity contribution in [3.63, 3.8) is 0 Å². The van der Waals surface area contributed by atoms with Gasteiger partial charge in [-0.2, -0.15) is 23.3 Å². The predicted octanol–water partition coefficient (Wildman–Crippen LogP) is 2.78. The molecule has 0 unspecified atom stereocenters. The van der Waals surface area contributed by atoms with E-state index in [1.54, 1.807) is 24.5 Å². The van der Waals surface area contributed by atoms with Crippen molar-refractivity contribution in [3.05, 3.63) is 46.2 Å². The minimum atomic E-state index is -4.60. The molecule has 28 heavy (non-hydrogen) atoms. The van der Waals surface area contributed by atoms with Crippen LogP contribution in [0.2, 0.25) is 0 Å². The number of nitrogens with one attached hydrogen (secondary N) is 1. The van der Waals surface area contributed by atoms with Crippen molar-refractivity contribution in [3.8, 4) is 11.5 Å². The number of carbonyl (C=O) groups excluding carboxylic acids is 1. The van der Waals surface area contributed by atoms with E-state index in [9.17, 15) is 18.0 Å². The summed E-state index contributed by atoms with van der Waals surface area (Å²) in [6.45, 7) is 1.30. The third-order valence-electron chi connectivity index (χ3n) is 3.76. The van der Waals surface area contributed by atoms with Crippen LogP contribution in [0.3, 0.4) is 0 Å². The Morgan fingerprint density at radius 2 is 2.04 bits per heavy atom. The molecule has 148 valence electrons. The number of nitrogens with zero attached hydrogens (tertiary/aromatic N) is 5. The Bertz CT molecular complexity index is 971. The second-order valence-corrected chi connectivity index (χ2v) is 6.55. The highest BCUT2D eigenvalue weighted by molar-refractivity contribution is 9.10. The normalized spacial score (nSPS) is 11.6. The van der Waals surface area contributed by atoms with Crippen molar-refractivity contribution in [2.45, 2.75) is 26.1 Å². The van der Waals surface area contributed by atoms with Gasteiger partial charge in [-0.05, 0) is 35.0 Å². The summed E-state index contributed by atoms with van der Waals surface area (Å²) in [5, 5.41) is 9.88. The summed E-state index contributed by atoms with van der Waals surface area (Å²) in [5.74, 6) is 0.245. The first kappa shape index (κ1) is 20.0. The molecule has 0 spiro atoms. The summed E-state index contributed by atoms with van der Waals surface area (Å²) in [7, 11) is 0. The van der Waals surface area contributed by atoms with E-state index >= 15 is 0 Å². The van der Waals surface area contributed by atoms with Crippen molar-refractivity contribution >= 4 is 21.8 Å². The standard InChI is InChI=1S/C16H14BrF3N6O2/c1-9-13(17)14(16(18,19)20)24-26(9)8-12(27)22-7-4-11-23-15(28-25-11)10-2-5-21-6-3-10/h2-3,5-6H,4,7-8H2,1H3,(H,22,27). The average molecular weight is 459 g/mol. The number of hydrogen-bond donors (Lipinski definition) is 1. The van der Waals surface area contributed by atoms with Crippen molar-refractivity contribution in [1.82, 2.24) is 30.2 Å². The number of rotatable bonds is 6. The molecule has 0 fully saturated rings. The largest absolute Gasteiger partial charge is 0.436 e. The molecule has 3 heterocycles. The van der Waals surface area contributed by atoms with Crippen LogP contribution in [-0.4, -0.2) is 37.4 Å². The smallest absolute Gasteiger partial charge is 0.354 e. The molecule has 1 amide bonds. The highest BCUT2D eigenvalue weighted by Gasteiger charge is 2.38. The van der Waals surface area contributed by atoms with Gasteiger partial charge in [0.05, 0.1) is 10.2 Å². The van der Waals surface area contributed by atoms with E-state index < -0.39 is 17.8 Å². The number of alkyl halides is 3.